The molecule has 1 aromatic rings. The van der Waals surface area contributed by atoms with Crippen molar-refractivity contribution in [3.63, 3.8) is 0 Å². The summed E-state index contributed by atoms with van der Waals surface area (Å²) < 4.78 is 9.86. The van der Waals surface area contributed by atoms with E-state index in [1.165, 1.54) is 17.0 Å². The Hall–Kier alpha value is -1.49. The molecule has 6 heteroatoms. The molecule has 0 aromatic carbocycles. The predicted octanol–water partition coefficient (Wildman–Crippen LogP) is 2.35. The van der Waals surface area contributed by atoms with Gasteiger partial charge < -0.3 is 14.1 Å². The Balaban J connectivity index is 2.71. The Morgan fingerprint density at radius 1 is 1.39 bits per heavy atom. The predicted molar refractivity (Wildman–Crippen MR) is 66.5 cm³/mol. The SMILES string of the molecule is CCCN(CC(=O)OCC)C(=O)c1ccc(Cl)o1. The zero-order valence-electron chi connectivity index (χ0n) is 10.4. The van der Waals surface area contributed by atoms with Gasteiger partial charge in [-0.1, -0.05) is 6.92 Å². The maximum Gasteiger partial charge on any atom is 0.325 e. The van der Waals surface area contributed by atoms with Crippen molar-refractivity contribution in [1.82, 2.24) is 4.90 Å². The van der Waals surface area contributed by atoms with Crippen molar-refractivity contribution in [3.05, 3.63) is 23.1 Å². The van der Waals surface area contributed by atoms with Gasteiger partial charge in [-0.15, -0.1) is 0 Å². The lowest BCUT2D eigenvalue weighted by molar-refractivity contribution is -0.143. The van der Waals surface area contributed by atoms with Gasteiger partial charge in [-0.25, -0.2) is 0 Å². The third-order valence-electron chi connectivity index (χ3n) is 2.19. The number of amides is 1. The summed E-state index contributed by atoms with van der Waals surface area (Å²) in [6.07, 6.45) is 0.736. The largest absolute Gasteiger partial charge is 0.465 e. The van der Waals surface area contributed by atoms with Crippen LogP contribution in [0.15, 0.2) is 16.5 Å². The van der Waals surface area contributed by atoms with Crippen LogP contribution < -0.4 is 0 Å². The number of esters is 1. The normalized spacial score (nSPS) is 10.2. The Labute approximate surface area is 111 Å². The molecule has 0 aliphatic rings. The van der Waals surface area contributed by atoms with E-state index >= 15 is 0 Å². The first-order valence-corrected chi connectivity index (χ1v) is 6.16. The molecule has 1 aromatic heterocycles. The van der Waals surface area contributed by atoms with Gasteiger partial charge in [-0.2, -0.15) is 0 Å². The average molecular weight is 274 g/mol. The zero-order chi connectivity index (χ0) is 13.5. The van der Waals surface area contributed by atoms with Crippen molar-refractivity contribution in [2.45, 2.75) is 20.3 Å². The fourth-order valence-electron chi connectivity index (χ4n) is 1.47. The summed E-state index contributed by atoms with van der Waals surface area (Å²) >= 11 is 5.61. The van der Waals surface area contributed by atoms with E-state index in [0.29, 0.717) is 13.2 Å². The van der Waals surface area contributed by atoms with Crippen LogP contribution in [0.25, 0.3) is 0 Å². The molecule has 0 N–H and O–H groups in total. The molecule has 0 atom stereocenters. The number of ether oxygens (including phenoxy) is 1. The lowest BCUT2D eigenvalue weighted by Crippen LogP contribution is -2.36. The monoisotopic (exact) mass is 273 g/mol. The van der Waals surface area contributed by atoms with Crippen LogP contribution >= 0.6 is 11.6 Å². The highest BCUT2D eigenvalue weighted by Gasteiger charge is 2.21. The molecule has 1 heterocycles. The third-order valence-corrected chi connectivity index (χ3v) is 2.39. The summed E-state index contributed by atoms with van der Waals surface area (Å²) in [6, 6.07) is 2.97. The summed E-state index contributed by atoms with van der Waals surface area (Å²) in [5.41, 5.74) is 0. The molecule has 0 spiro atoms. The fraction of sp³-hybridized carbons (Fsp3) is 0.500. The van der Waals surface area contributed by atoms with Crippen LogP contribution in [0.1, 0.15) is 30.8 Å². The molecule has 0 bridgehead atoms. The van der Waals surface area contributed by atoms with E-state index in [0.717, 1.165) is 6.42 Å². The van der Waals surface area contributed by atoms with Crippen LogP contribution in [0.2, 0.25) is 5.22 Å². The number of carbonyl (C=O) groups excluding carboxylic acids is 2. The van der Waals surface area contributed by atoms with Gasteiger partial charge in [-0.3, -0.25) is 9.59 Å². The van der Waals surface area contributed by atoms with Crippen molar-refractivity contribution < 1.29 is 18.7 Å². The third kappa shape index (κ3) is 4.07. The van der Waals surface area contributed by atoms with E-state index in [2.05, 4.69) is 0 Å². The topological polar surface area (TPSA) is 59.8 Å². The van der Waals surface area contributed by atoms with Gasteiger partial charge >= 0.3 is 5.97 Å². The van der Waals surface area contributed by atoms with Crippen molar-refractivity contribution in [2.75, 3.05) is 19.7 Å². The van der Waals surface area contributed by atoms with Crippen LogP contribution in [0.4, 0.5) is 0 Å². The number of carbonyl (C=O) groups is 2. The Morgan fingerprint density at radius 2 is 2.11 bits per heavy atom. The van der Waals surface area contributed by atoms with Gasteiger partial charge in [0.2, 0.25) is 0 Å². The quantitative estimate of drug-likeness (QED) is 0.747. The minimum atomic E-state index is -0.433. The maximum atomic E-state index is 12.1. The van der Waals surface area contributed by atoms with E-state index in [9.17, 15) is 9.59 Å². The molecule has 18 heavy (non-hydrogen) atoms. The lowest BCUT2D eigenvalue weighted by atomic mass is 10.3. The maximum absolute atomic E-state index is 12.1. The number of halogens is 1. The first-order chi connectivity index (χ1) is 8.58. The zero-order valence-corrected chi connectivity index (χ0v) is 11.2. The first-order valence-electron chi connectivity index (χ1n) is 5.78. The van der Waals surface area contributed by atoms with Crippen molar-refractivity contribution >= 4 is 23.5 Å². The number of hydrogen-bond donors (Lipinski definition) is 0. The van der Waals surface area contributed by atoms with Crippen LogP contribution in [0, 0.1) is 0 Å². The molecule has 0 unspecified atom stereocenters. The van der Waals surface area contributed by atoms with Crippen LogP contribution in [-0.2, 0) is 9.53 Å². The lowest BCUT2D eigenvalue weighted by Gasteiger charge is -2.19. The molecule has 0 saturated heterocycles. The van der Waals surface area contributed by atoms with Gasteiger partial charge in [-0.05, 0) is 37.1 Å². The molecule has 0 radical (unpaired) electrons. The van der Waals surface area contributed by atoms with E-state index in [1.54, 1.807) is 6.92 Å². The molecule has 100 valence electrons. The van der Waals surface area contributed by atoms with Gasteiger partial charge in [0.15, 0.2) is 11.0 Å². The molecule has 0 saturated carbocycles. The Bertz CT molecular complexity index is 416. The van der Waals surface area contributed by atoms with Gasteiger partial charge in [0.25, 0.3) is 5.91 Å². The Morgan fingerprint density at radius 3 is 2.61 bits per heavy atom. The minimum absolute atomic E-state index is 0.0845. The highest BCUT2D eigenvalue weighted by molar-refractivity contribution is 6.29. The summed E-state index contributed by atoms with van der Waals surface area (Å²) in [4.78, 5) is 24.8. The molecule has 1 amide bonds. The molecular weight excluding hydrogens is 258 g/mol. The molecular formula is C12H16ClNO4. The average Bonchev–Trinajstić information content (AvgIpc) is 2.75. The number of furan rings is 1. The standard InChI is InChI=1S/C12H16ClNO4/c1-3-7-14(8-11(15)17-4-2)12(16)9-5-6-10(13)18-9/h5-6H,3-4,7-8H2,1-2H3. The number of hydrogen-bond acceptors (Lipinski definition) is 4. The van der Waals surface area contributed by atoms with Crippen LogP contribution in [-0.4, -0.2) is 36.5 Å². The van der Waals surface area contributed by atoms with E-state index in [4.69, 9.17) is 20.8 Å². The number of nitrogens with zero attached hydrogens (tertiary/aromatic N) is 1. The summed E-state index contributed by atoms with van der Waals surface area (Å²) in [6.45, 7) is 4.30. The highest BCUT2D eigenvalue weighted by Crippen LogP contribution is 2.15. The second kappa shape index (κ2) is 7.06. The van der Waals surface area contributed by atoms with Gasteiger partial charge in [0, 0.05) is 6.54 Å². The molecule has 0 fully saturated rings. The van der Waals surface area contributed by atoms with Crippen LogP contribution in [0.5, 0.6) is 0 Å². The smallest absolute Gasteiger partial charge is 0.325 e. The minimum Gasteiger partial charge on any atom is -0.465 e. The Kier molecular flexibility index (Phi) is 5.71. The van der Waals surface area contributed by atoms with Crippen molar-refractivity contribution in [2.24, 2.45) is 0 Å². The highest BCUT2D eigenvalue weighted by atomic mass is 35.5. The van der Waals surface area contributed by atoms with Gasteiger partial charge in [0.1, 0.15) is 6.54 Å². The molecule has 0 aliphatic carbocycles. The van der Waals surface area contributed by atoms with E-state index in [-0.39, 0.29) is 23.4 Å². The summed E-state index contributed by atoms with van der Waals surface area (Å²) in [5, 5.41) is 0.144. The summed E-state index contributed by atoms with van der Waals surface area (Å²) in [5.74, 6) is -0.675. The van der Waals surface area contributed by atoms with E-state index < -0.39 is 5.97 Å². The van der Waals surface area contributed by atoms with Gasteiger partial charge in [0.05, 0.1) is 6.61 Å². The van der Waals surface area contributed by atoms with Crippen LogP contribution in [0.3, 0.4) is 0 Å². The second-order valence-electron chi connectivity index (χ2n) is 3.64. The van der Waals surface area contributed by atoms with Crippen molar-refractivity contribution in [3.8, 4) is 0 Å². The fourth-order valence-corrected chi connectivity index (χ4v) is 1.62. The van der Waals surface area contributed by atoms with Crippen molar-refractivity contribution in [1.29, 1.82) is 0 Å². The molecule has 5 nitrogen and oxygen atoms in total. The first kappa shape index (κ1) is 14.6. The molecule has 0 aliphatic heterocycles. The molecule has 1 rings (SSSR count). The number of rotatable bonds is 6. The second-order valence-corrected chi connectivity index (χ2v) is 4.01. The van der Waals surface area contributed by atoms with E-state index in [1.807, 2.05) is 6.92 Å². The summed E-state index contributed by atoms with van der Waals surface area (Å²) in [7, 11) is 0.